The summed E-state index contributed by atoms with van der Waals surface area (Å²) in [7, 11) is 0. The molecule has 2 N–H and O–H groups in total. The number of rotatable bonds is 5. The van der Waals surface area contributed by atoms with Crippen molar-refractivity contribution < 1.29 is 19.4 Å². The van der Waals surface area contributed by atoms with E-state index < -0.39 is 27.1 Å². The summed E-state index contributed by atoms with van der Waals surface area (Å²) in [6.45, 7) is 2.66. The molecule has 1 saturated heterocycles. The molecular formula is C18H16ClN5O6S. The van der Waals surface area contributed by atoms with Crippen molar-refractivity contribution in [3.05, 3.63) is 67.2 Å². The fourth-order valence-electron chi connectivity index (χ4n) is 2.92. The molecule has 0 spiro atoms. The monoisotopic (exact) mass is 465 g/mol. The van der Waals surface area contributed by atoms with E-state index in [0.29, 0.717) is 23.9 Å². The van der Waals surface area contributed by atoms with Gasteiger partial charge in [-0.2, -0.15) is 0 Å². The average Bonchev–Trinajstić information content (AvgIpc) is 2.74. The molecule has 0 aliphatic carbocycles. The fraction of sp³-hybridized carbons (Fsp3) is 0.222. The summed E-state index contributed by atoms with van der Waals surface area (Å²) in [5.41, 5.74) is -0.0788. The highest BCUT2D eigenvalue weighted by Crippen LogP contribution is 2.29. The molecule has 31 heavy (non-hydrogen) atoms. The standard InChI is InChI=1S/C18H16ClN5O6S/c19-15-9-12(1-2-16(15)22-3-5-30-6-4-22)20-18(31)21-17(25)11-7-13(23(26)27)10-14(8-11)24(28)29/h1-2,7-10H,3-6H2,(H2,20,21,25,31). The third-order valence-electron chi connectivity index (χ3n) is 4.37. The zero-order chi connectivity index (χ0) is 22.5. The van der Waals surface area contributed by atoms with Gasteiger partial charge in [-0.3, -0.25) is 30.3 Å². The molecule has 2 aromatic carbocycles. The van der Waals surface area contributed by atoms with Crippen LogP contribution in [-0.4, -0.2) is 47.2 Å². The lowest BCUT2D eigenvalue weighted by Gasteiger charge is -2.29. The SMILES string of the molecule is O=C(NC(=S)Nc1ccc(N2CCOCC2)c(Cl)c1)c1cc([N+](=O)[O-])cc([N+](=O)[O-])c1. The summed E-state index contributed by atoms with van der Waals surface area (Å²) >= 11 is 11.5. The van der Waals surface area contributed by atoms with E-state index in [1.807, 2.05) is 6.07 Å². The highest BCUT2D eigenvalue weighted by molar-refractivity contribution is 7.80. The van der Waals surface area contributed by atoms with E-state index in [0.717, 1.165) is 37.0 Å². The Hall–Kier alpha value is -3.35. The second-order valence-electron chi connectivity index (χ2n) is 6.43. The van der Waals surface area contributed by atoms with Gasteiger partial charge in [-0.1, -0.05) is 11.6 Å². The van der Waals surface area contributed by atoms with Crippen LogP contribution >= 0.6 is 23.8 Å². The minimum Gasteiger partial charge on any atom is -0.378 e. The van der Waals surface area contributed by atoms with Crippen LogP contribution < -0.4 is 15.5 Å². The van der Waals surface area contributed by atoms with Crippen LogP contribution in [0, 0.1) is 20.2 Å². The van der Waals surface area contributed by atoms with E-state index in [-0.39, 0.29) is 10.7 Å². The predicted octanol–water partition coefficient (Wildman–Crippen LogP) is 3.12. The number of halogens is 1. The second-order valence-corrected chi connectivity index (χ2v) is 7.24. The number of nitro groups is 2. The maximum atomic E-state index is 12.4. The van der Waals surface area contributed by atoms with Crippen molar-refractivity contribution in [2.75, 3.05) is 36.5 Å². The van der Waals surface area contributed by atoms with Gasteiger partial charge in [-0.15, -0.1) is 0 Å². The number of carbonyl (C=O) groups excluding carboxylic acids is 1. The number of nitrogens with one attached hydrogen (secondary N) is 2. The quantitative estimate of drug-likeness (QED) is 0.387. The Morgan fingerprint density at radius 1 is 1.06 bits per heavy atom. The molecule has 1 heterocycles. The molecule has 1 fully saturated rings. The maximum absolute atomic E-state index is 12.4. The molecule has 13 heteroatoms. The third-order valence-corrected chi connectivity index (χ3v) is 4.88. The Kier molecular flexibility index (Phi) is 6.95. The van der Waals surface area contributed by atoms with Crippen LogP contribution in [0.2, 0.25) is 5.02 Å². The minimum atomic E-state index is -0.833. The number of amides is 1. The molecule has 1 aliphatic heterocycles. The Morgan fingerprint density at radius 2 is 1.68 bits per heavy atom. The largest absolute Gasteiger partial charge is 0.378 e. The van der Waals surface area contributed by atoms with Gasteiger partial charge in [-0.25, -0.2) is 0 Å². The smallest absolute Gasteiger partial charge is 0.277 e. The summed E-state index contributed by atoms with van der Waals surface area (Å²) in [6, 6.07) is 7.81. The van der Waals surface area contributed by atoms with Crippen molar-refractivity contribution in [2.24, 2.45) is 0 Å². The van der Waals surface area contributed by atoms with E-state index >= 15 is 0 Å². The van der Waals surface area contributed by atoms with Gasteiger partial charge in [0.05, 0.1) is 45.4 Å². The summed E-state index contributed by atoms with van der Waals surface area (Å²) in [5.74, 6) is -0.833. The van der Waals surface area contributed by atoms with Gasteiger partial charge in [0.1, 0.15) is 0 Å². The maximum Gasteiger partial charge on any atom is 0.277 e. The lowest BCUT2D eigenvalue weighted by Crippen LogP contribution is -2.36. The van der Waals surface area contributed by atoms with E-state index in [2.05, 4.69) is 15.5 Å². The molecule has 1 amide bonds. The van der Waals surface area contributed by atoms with Gasteiger partial charge in [0, 0.05) is 30.9 Å². The van der Waals surface area contributed by atoms with Gasteiger partial charge in [-0.05, 0) is 30.4 Å². The fourth-order valence-corrected chi connectivity index (χ4v) is 3.43. The number of carbonyl (C=O) groups is 1. The minimum absolute atomic E-state index is 0.102. The van der Waals surface area contributed by atoms with Gasteiger partial charge < -0.3 is 15.0 Å². The zero-order valence-electron chi connectivity index (χ0n) is 15.9. The van der Waals surface area contributed by atoms with Crippen molar-refractivity contribution in [1.82, 2.24) is 5.32 Å². The zero-order valence-corrected chi connectivity index (χ0v) is 17.4. The average molecular weight is 466 g/mol. The number of thiocarbonyl (C=S) groups is 1. The van der Waals surface area contributed by atoms with Crippen molar-refractivity contribution in [1.29, 1.82) is 0 Å². The van der Waals surface area contributed by atoms with Crippen LogP contribution in [0.5, 0.6) is 0 Å². The molecule has 3 rings (SSSR count). The van der Waals surface area contributed by atoms with Gasteiger partial charge in [0.2, 0.25) is 0 Å². The van der Waals surface area contributed by atoms with E-state index in [4.69, 9.17) is 28.6 Å². The number of hydrogen-bond acceptors (Lipinski definition) is 8. The Balaban J connectivity index is 1.69. The number of morpholine rings is 1. The van der Waals surface area contributed by atoms with Crippen molar-refractivity contribution in [2.45, 2.75) is 0 Å². The highest BCUT2D eigenvalue weighted by Gasteiger charge is 2.20. The van der Waals surface area contributed by atoms with Crippen molar-refractivity contribution in [3.8, 4) is 0 Å². The predicted molar refractivity (Wildman–Crippen MR) is 118 cm³/mol. The highest BCUT2D eigenvalue weighted by atomic mass is 35.5. The molecule has 0 bridgehead atoms. The first kappa shape index (κ1) is 22.3. The molecule has 0 atom stereocenters. The van der Waals surface area contributed by atoms with E-state index in [1.54, 1.807) is 12.1 Å². The summed E-state index contributed by atoms with van der Waals surface area (Å²) in [6.07, 6.45) is 0. The van der Waals surface area contributed by atoms with Crippen LogP contribution in [0.25, 0.3) is 0 Å². The summed E-state index contributed by atoms with van der Waals surface area (Å²) < 4.78 is 5.32. The first-order valence-corrected chi connectivity index (χ1v) is 9.71. The molecule has 162 valence electrons. The second kappa shape index (κ2) is 9.64. The van der Waals surface area contributed by atoms with Crippen LogP contribution in [0.4, 0.5) is 22.7 Å². The first-order valence-electron chi connectivity index (χ1n) is 8.93. The summed E-state index contributed by atoms with van der Waals surface area (Å²) in [4.78, 5) is 34.8. The van der Waals surface area contributed by atoms with Gasteiger partial charge in [0.25, 0.3) is 17.3 Å². The normalized spacial score (nSPS) is 13.4. The molecule has 0 saturated carbocycles. The Labute approximate surface area is 186 Å². The number of nitro benzene ring substituents is 2. The molecule has 0 aromatic heterocycles. The topological polar surface area (TPSA) is 140 Å². The third kappa shape index (κ3) is 5.63. The van der Waals surface area contributed by atoms with Crippen LogP contribution in [-0.2, 0) is 4.74 Å². The number of hydrogen-bond donors (Lipinski definition) is 2. The molecular weight excluding hydrogens is 450 g/mol. The number of anilines is 2. The van der Waals surface area contributed by atoms with Crippen molar-refractivity contribution >= 4 is 57.6 Å². The lowest BCUT2D eigenvalue weighted by atomic mass is 10.1. The van der Waals surface area contributed by atoms with E-state index in [1.165, 1.54) is 0 Å². The Bertz CT molecular complexity index is 1030. The lowest BCUT2D eigenvalue weighted by molar-refractivity contribution is -0.394. The number of nitrogens with zero attached hydrogens (tertiary/aromatic N) is 3. The number of ether oxygens (including phenoxy) is 1. The summed E-state index contributed by atoms with van der Waals surface area (Å²) in [5, 5.41) is 27.5. The van der Waals surface area contributed by atoms with Crippen molar-refractivity contribution in [3.63, 3.8) is 0 Å². The Morgan fingerprint density at radius 3 is 2.23 bits per heavy atom. The van der Waals surface area contributed by atoms with Gasteiger partial charge in [0.15, 0.2) is 5.11 Å². The van der Waals surface area contributed by atoms with Crippen LogP contribution in [0.3, 0.4) is 0 Å². The molecule has 0 unspecified atom stereocenters. The number of non-ortho nitro benzene ring substituents is 2. The van der Waals surface area contributed by atoms with E-state index in [9.17, 15) is 25.0 Å². The molecule has 2 aromatic rings. The molecule has 1 aliphatic rings. The molecule has 11 nitrogen and oxygen atoms in total. The van der Waals surface area contributed by atoms with Crippen LogP contribution in [0.15, 0.2) is 36.4 Å². The molecule has 0 radical (unpaired) electrons. The first-order chi connectivity index (χ1) is 14.7. The van der Waals surface area contributed by atoms with Gasteiger partial charge >= 0.3 is 0 Å². The van der Waals surface area contributed by atoms with Crippen LogP contribution in [0.1, 0.15) is 10.4 Å². The number of benzene rings is 2.